The fraction of sp³-hybridized carbons (Fsp3) is 0.167. The van der Waals surface area contributed by atoms with Crippen LogP contribution in [-0.2, 0) is 6.54 Å². The molecule has 0 atom stereocenters. The lowest BCUT2D eigenvalue weighted by Crippen LogP contribution is -2.07. The number of hydrogen-bond donors (Lipinski definition) is 1. The summed E-state index contributed by atoms with van der Waals surface area (Å²) in [5.74, 6) is 1.01. The maximum absolute atomic E-state index is 5.99. The van der Waals surface area contributed by atoms with E-state index in [1.165, 1.54) is 0 Å². The molecule has 2 rings (SSSR count). The first kappa shape index (κ1) is 11.8. The fourth-order valence-corrected chi connectivity index (χ4v) is 1.52. The van der Waals surface area contributed by atoms with Crippen molar-refractivity contribution in [2.75, 3.05) is 7.05 Å². The molecule has 2 aromatic rings. The highest BCUT2D eigenvalue weighted by atomic mass is 35.5. The van der Waals surface area contributed by atoms with E-state index in [1.54, 1.807) is 24.5 Å². The van der Waals surface area contributed by atoms with E-state index in [4.69, 9.17) is 16.3 Å². The Morgan fingerprint density at radius 2 is 2.12 bits per heavy atom. The molecule has 0 unspecified atom stereocenters. The lowest BCUT2D eigenvalue weighted by atomic mass is 10.3. The molecule has 0 saturated heterocycles. The van der Waals surface area contributed by atoms with E-state index in [2.05, 4.69) is 15.3 Å². The predicted octanol–water partition coefficient (Wildman–Crippen LogP) is 2.64. The number of aromatic nitrogens is 2. The summed E-state index contributed by atoms with van der Waals surface area (Å²) in [7, 11) is 1.85. The van der Waals surface area contributed by atoms with Gasteiger partial charge in [0.05, 0.1) is 16.9 Å². The third-order valence-electron chi connectivity index (χ3n) is 2.07. The van der Waals surface area contributed by atoms with Gasteiger partial charge in [0, 0.05) is 12.7 Å². The molecule has 1 aromatic carbocycles. The molecule has 0 aliphatic rings. The largest absolute Gasteiger partial charge is 0.436 e. The van der Waals surface area contributed by atoms with E-state index < -0.39 is 0 Å². The van der Waals surface area contributed by atoms with E-state index in [0.717, 1.165) is 5.69 Å². The Morgan fingerprint density at radius 1 is 1.29 bits per heavy atom. The third kappa shape index (κ3) is 3.15. The van der Waals surface area contributed by atoms with Crippen molar-refractivity contribution in [1.29, 1.82) is 0 Å². The summed E-state index contributed by atoms with van der Waals surface area (Å²) >= 11 is 5.99. The van der Waals surface area contributed by atoms with Crippen LogP contribution >= 0.6 is 11.6 Å². The van der Waals surface area contributed by atoms with Gasteiger partial charge in [-0.1, -0.05) is 23.7 Å². The Hall–Kier alpha value is -1.65. The number of halogens is 1. The third-order valence-corrected chi connectivity index (χ3v) is 2.38. The summed E-state index contributed by atoms with van der Waals surface area (Å²) in [6, 6.07) is 7.25. The first-order valence-electron chi connectivity index (χ1n) is 5.17. The normalized spacial score (nSPS) is 10.2. The maximum atomic E-state index is 5.99. The van der Waals surface area contributed by atoms with Crippen molar-refractivity contribution in [3.63, 3.8) is 0 Å². The van der Waals surface area contributed by atoms with Gasteiger partial charge in [0.15, 0.2) is 0 Å². The number of benzene rings is 1. The van der Waals surface area contributed by atoms with Crippen LogP contribution < -0.4 is 10.1 Å². The van der Waals surface area contributed by atoms with E-state index in [-0.39, 0.29) is 0 Å². The van der Waals surface area contributed by atoms with Gasteiger partial charge in [0.1, 0.15) is 5.75 Å². The summed E-state index contributed by atoms with van der Waals surface area (Å²) in [4.78, 5) is 8.35. The number of ether oxygens (including phenoxy) is 1. The molecule has 0 spiro atoms. The lowest BCUT2D eigenvalue weighted by molar-refractivity contribution is 0.457. The Bertz CT molecular complexity index is 505. The topological polar surface area (TPSA) is 47.0 Å². The van der Waals surface area contributed by atoms with Crippen molar-refractivity contribution in [2.45, 2.75) is 6.54 Å². The zero-order valence-electron chi connectivity index (χ0n) is 9.35. The quantitative estimate of drug-likeness (QED) is 0.905. The number of hydrogen-bond acceptors (Lipinski definition) is 4. The van der Waals surface area contributed by atoms with Crippen LogP contribution in [0, 0.1) is 0 Å². The van der Waals surface area contributed by atoms with Gasteiger partial charge in [-0.15, -0.1) is 0 Å². The molecule has 0 amide bonds. The summed E-state index contributed by atoms with van der Waals surface area (Å²) in [5, 5.41) is 3.55. The van der Waals surface area contributed by atoms with Crippen LogP contribution in [0.5, 0.6) is 11.6 Å². The average molecular weight is 250 g/mol. The summed E-state index contributed by atoms with van der Waals surface area (Å²) < 4.78 is 5.56. The molecule has 1 heterocycles. The molecule has 1 aromatic heterocycles. The molecule has 17 heavy (non-hydrogen) atoms. The predicted molar refractivity (Wildman–Crippen MR) is 66.3 cm³/mol. The minimum Gasteiger partial charge on any atom is -0.436 e. The van der Waals surface area contributed by atoms with Crippen molar-refractivity contribution >= 4 is 11.6 Å². The van der Waals surface area contributed by atoms with Gasteiger partial charge in [-0.2, -0.15) is 0 Å². The zero-order valence-corrected chi connectivity index (χ0v) is 10.1. The van der Waals surface area contributed by atoms with Crippen LogP contribution in [0.1, 0.15) is 5.69 Å². The molecule has 0 fully saturated rings. The summed E-state index contributed by atoms with van der Waals surface area (Å²) in [5.41, 5.74) is 0.817. The maximum Gasteiger partial charge on any atom is 0.238 e. The second-order valence-electron chi connectivity index (χ2n) is 3.41. The fourth-order valence-electron chi connectivity index (χ4n) is 1.34. The molecule has 0 bridgehead atoms. The standard InChI is InChI=1S/C12H12ClN3O/c1-14-6-9-7-15-8-12(16-9)17-11-5-3-2-4-10(11)13/h2-5,7-8,14H,6H2,1H3. The minimum atomic E-state index is 0.436. The molecule has 0 aliphatic heterocycles. The number of nitrogens with zero attached hydrogens (tertiary/aromatic N) is 2. The molecular formula is C12H12ClN3O. The van der Waals surface area contributed by atoms with E-state index in [1.807, 2.05) is 19.2 Å². The molecule has 88 valence electrons. The second-order valence-corrected chi connectivity index (χ2v) is 3.82. The minimum absolute atomic E-state index is 0.436. The van der Waals surface area contributed by atoms with Crippen molar-refractivity contribution in [3.8, 4) is 11.6 Å². The number of nitrogens with one attached hydrogen (secondary N) is 1. The van der Waals surface area contributed by atoms with Crippen LogP contribution in [0.3, 0.4) is 0 Å². The van der Waals surface area contributed by atoms with Crippen LogP contribution in [0.25, 0.3) is 0 Å². The Labute approximate surface area is 105 Å². The second kappa shape index (κ2) is 5.61. The molecule has 5 heteroatoms. The van der Waals surface area contributed by atoms with Crippen LogP contribution in [0.2, 0.25) is 5.02 Å². The SMILES string of the molecule is CNCc1cncc(Oc2ccccc2Cl)n1. The van der Waals surface area contributed by atoms with Gasteiger partial charge in [-0.05, 0) is 19.2 Å². The molecule has 1 N–H and O–H groups in total. The highest BCUT2D eigenvalue weighted by Gasteiger charge is 2.04. The zero-order chi connectivity index (χ0) is 12.1. The van der Waals surface area contributed by atoms with E-state index in [0.29, 0.717) is 23.2 Å². The van der Waals surface area contributed by atoms with Gasteiger partial charge >= 0.3 is 0 Å². The van der Waals surface area contributed by atoms with Crippen LogP contribution in [0.15, 0.2) is 36.7 Å². The first-order chi connectivity index (χ1) is 8.29. The van der Waals surface area contributed by atoms with Crippen molar-refractivity contribution in [3.05, 3.63) is 47.4 Å². The van der Waals surface area contributed by atoms with E-state index >= 15 is 0 Å². The summed E-state index contributed by atoms with van der Waals surface area (Å²) in [6.07, 6.45) is 3.25. The van der Waals surface area contributed by atoms with Gasteiger partial charge in [0.25, 0.3) is 0 Å². The molecule has 0 saturated carbocycles. The van der Waals surface area contributed by atoms with Gasteiger partial charge < -0.3 is 10.1 Å². The molecular weight excluding hydrogens is 238 g/mol. The highest BCUT2D eigenvalue weighted by molar-refractivity contribution is 6.32. The van der Waals surface area contributed by atoms with Crippen molar-refractivity contribution < 1.29 is 4.74 Å². The number of para-hydroxylation sites is 1. The molecule has 0 radical (unpaired) electrons. The smallest absolute Gasteiger partial charge is 0.238 e. The first-order valence-corrected chi connectivity index (χ1v) is 5.55. The Morgan fingerprint density at radius 3 is 2.88 bits per heavy atom. The van der Waals surface area contributed by atoms with Gasteiger partial charge in [0.2, 0.25) is 5.88 Å². The Balaban J connectivity index is 2.18. The van der Waals surface area contributed by atoms with Gasteiger partial charge in [-0.25, -0.2) is 4.98 Å². The number of rotatable bonds is 4. The van der Waals surface area contributed by atoms with Crippen LogP contribution in [-0.4, -0.2) is 17.0 Å². The summed E-state index contributed by atoms with van der Waals surface area (Å²) in [6.45, 7) is 0.646. The average Bonchev–Trinajstić information content (AvgIpc) is 2.33. The van der Waals surface area contributed by atoms with Crippen LogP contribution in [0.4, 0.5) is 0 Å². The highest BCUT2D eigenvalue weighted by Crippen LogP contribution is 2.27. The lowest BCUT2D eigenvalue weighted by Gasteiger charge is -2.07. The van der Waals surface area contributed by atoms with Crippen molar-refractivity contribution in [2.24, 2.45) is 0 Å². The van der Waals surface area contributed by atoms with Crippen molar-refractivity contribution in [1.82, 2.24) is 15.3 Å². The molecule has 4 nitrogen and oxygen atoms in total. The van der Waals surface area contributed by atoms with E-state index in [9.17, 15) is 0 Å². The van der Waals surface area contributed by atoms with Gasteiger partial charge in [-0.3, -0.25) is 4.98 Å². The Kier molecular flexibility index (Phi) is 3.90. The monoisotopic (exact) mass is 249 g/mol. The molecule has 0 aliphatic carbocycles.